The summed E-state index contributed by atoms with van der Waals surface area (Å²) in [5, 5.41) is 8.97. The Morgan fingerprint density at radius 1 is 1.48 bits per heavy atom. The molecule has 1 aliphatic rings. The van der Waals surface area contributed by atoms with Crippen molar-refractivity contribution in [3.05, 3.63) is 12.0 Å². The largest absolute Gasteiger partial charge is 0.480 e. The third-order valence-electron chi connectivity index (χ3n) is 3.89. The van der Waals surface area contributed by atoms with Crippen LogP contribution in [0.25, 0.3) is 0 Å². The van der Waals surface area contributed by atoms with Crippen molar-refractivity contribution in [2.75, 3.05) is 6.54 Å². The standard InChI is InChI=1S/C13H21N3O4S/c1-3-15-8-12(14-10(15)2)21(19,20)16(9-13(17)18)11-6-4-5-7-11/h8,11H,3-7,9H2,1-2H3,(H,17,18). The molecule has 1 saturated carbocycles. The molecule has 0 bridgehead atoms. The normalized spacial score (nSPS) is 16.7. The Kier molecular flexibility index (Phi) is 4.67. The molecule has 0 atom stereocenters. The van der Waals surface area contributed by atoms with Gasteiger partial charge in [-0.3, -0.25) is 4.79 Å². The molecular formula is C13H21N3O4S. The fourth-order valence-electron chi connectivity index (χ4n) is 2.78. The molecule has 0 unspecified atom stereocenters. The van der Waals surface area contributed by atoms with Crippen molar-refractivity contribution in [2.24, 2.45) is 0 Å². The van der Waals surface area contributed by atoms with Gasteiger partial charge in [-0.1, -0.05) is 12.8 Å². The van der Waals surface area contributed by atoms with Crippen molar-refractivity contribution >= 4 is 16.0 Å². The maximum Gasteiger partial charge on any atom is 0.318 e. The molecule has 2 rings (SSSR count). The highest BCUT2D eigenvalue weighted by atomic mass is 32.2. The topological polar surface area (TPSA) is 92.5 Å². The predicted octanol–water partition coefficient (Wildman–Crippen LogP) is 1.23. The van der Waals surface area contributed by atoms with Gasteiger partial charge in [-0.15, -0.1) is 0 Å². The van der Waals surface area contributed by atoms with Gasteiger partial charge in [0.25, 0.3) is 10.0 Å². The van der Waals surface area contributed by atoms with Gasteiger partial charge in [0.2, 0.25) is 0 Å². The number of aromatic nitrogens is 2. The Bertz CT molecular complexity index is 617. The van der Waals surface area contributed by atoms with Crippen LogP contribution < -0.4 is 0 Å². The van der Waals surface area contributed by atoms with E-state index in [-0.39, 0.29) is 11.1 Å². The van der Waals surface area contributed by atoms with E-state index in [9.17, 15) is 13.2 Å². The zero-order valence-electron chi connectivity index (χ0n) is 12.3. The van der Waals surface area contributed by atoms with Gasteiger partial charge in [-0.2, -0.15) is 4.31 Å². The molecule has 1 N–H and O–H groups in total. The van der Waals surface area contributed by atoms with Crippen molar-refractivity contribution in [3.8, 4) is 0 Å². The number of nitrogens with zero attached hydrogens (tertiary/aromatic N) is 3. The first-order valence-electron chi connectivity index (χ1n) is 7.13. The quantitative estimate of drug-likeness (QED) is 0.852. The van der Waals surface area contributed by atoms with Crippen LogP contribution in [0.15, 0.2) is 11.2 Å². The Morgan fingerprint density at radius 2 is 2.10 bits per heavy atom. The molecule has 1 aromatic heterocycles. The van der Waals surface area contributed by atoms with Gasteiger partial charge >= 0.3 is 5.97 Å². The van der Waals surface area contributed by atoms with E-state index in [1.807, 2.05) is 6.92 Å². The molecule has 8 heteroatoms. The minimum Gasteiger partial charge on any atom is -0.480 e. The van der Waals surface area contributed by atoms with Crippen LogP contribution in [0, 0.1) is 6.92 Å². The second-order valence-corrected chi connectivity index (χ2v) is 7.13. The number of hydrogen-bond acceptors (Lipinski definition) is 4. The monoisotopic (exact) mass is 315 g/mol. The van der Waals surface area contributed by atoms with Gasteiger partial charge in [0, 0.05) is 18.8 Å². The summed E-state index contributed by atoms with van der Waals surface area (Å²) in [4.78, 5) is 15.1. The Morgan fingerprint density at radius 3 is 2.57 bits per heavy atom. The van der Waals surface area contributed by atoms with E-state index in [2.05, 4.69) is 4.98 Å². The van der Waals surface area contributed by atoms with Gasteiger partial charge in [0.1, 0.15) is 12.4 Å². The summed E-state index contributed by atoms with van der Waals surface area (Å²) >= 11 is 0. The first-order valence-corrected chi connectivity index (χ1v) is 8.57. The zero-order valence-corrected chi connectivity index (χ0v) is 13.1. The molecule has 0 aliphatic heterocycles. The van der Waals surface area contributed by atoms with E-state index in [4.69, 9.17) is 5.11 Å². The lowest BCUT2D eigenvalue weighted by molar-refractivity contribution is -0.137. The molecule has 118 valence electrons. The molecule has 1 heterocycles. The average Bonchev–Trinajstić information content (AvgIpc) is 3.04. The Hall–Kier alpha value is -1.41. The van der Waals surface area contributed by atoms with Crippen LogP contribution in [0.3, 0.4) is 0 Å². The fraction of sp³-hybridized carbons (Fsp3) is 0.692. The number of carboxylic acids is 1. The maximum absolute atomic E-state index is 12.7. The Balaban J connectivity index is 2.37. The summed E-state index contributed by atoms with van der Waals surface area (Å²) in [6.45, 7) is 3.75. The second kappa shape index (κ2) is 6.15. The SMILES string of the molecule is CCn1cc(S(=O)(=O)N(CC(=O)O)C2CCCC2)nc1C. The second-order valence-electron chi connectivity index (χ2n) is 5.29. The van der Waals surface area contributed by atoms with E-state index in [1.54, 1.807) is 11.5 Å². The predicted molar refractivity (Wildman–Crippen MR) is 76.4 cm³/mol. The van der Waals surface area contributed by atoms with Crippen LogP contribution in [-0.2, 0) is 21.4 Å². The molecule has 1 fully saturated rings. The van der Waals surface area contributed by atoms with Crippen LogP contribution in [0.2, 0.25) is 0 Å². The third-order valence-corrected chi connectivity index (χ3v) is 5.66. The minimum absolute atomic E-state index is 0.0602. The molecule has 0 radical (unpaired) electrons. The highest BCUT2D eigenvalue weighted by molar-refractivity contribution is 7.89. The lowest BCUT2D eigenvalue weighted by Crippen LogP contribution is -2.42. The highest BCUT2D eigenvalue weighted by Crippen LogP contribution is 2.28. The number of carboxylic acid groups (broad SMARTS) is 1. The van der Waals surface area contributed by atoms with Gasteiger partial charge in [-0.25, -0.2) is 13.4 Å². The van der Waals surface area contributed by atoms with E-state index in [0.29, 0.717) is 25.2 Å². The van der Waals surface area contributed by atoms with E-state index in [0.717, 1.165) is 17.1 Å². The number of rotatable bonds is 6. The Labute approximate surface area is 124 Å². The van der Waals surface area contributed by atoms with Crippen LogP contribution >= 0.6 is 0 Å². The van der Waals surface area contributed by atoms with Gasteiger partial charge in [-0.05, 0) is 26.7 Å². The van der Waals surface area contributed by atoms with Crippen molar-refractivity contribution < 1.29 is 18.3 Å². The minimum atomic E-state index is -3.87. The number of aliphatic carboxylic acids is 1. The average molecular weight is 315 g/mol. The summed E-state index contributed by atoms with van der Waals surface area (Å²) in [5.74, 6) is -0.533. The van der Waals surface area contributed by atoms with Crippen LogP contribution in [0.4, 0.5) is 0 Å². The lowest BCUT2D eigenvalue weighted by atomic mass is 10.2. The van der Waals surface area contributed by atoms with E-state index in [1.165, 1.54) is 6.20 Å². The molecule has 1 aliphatic carbocycles. The summed E-state index contributed by atoms with van der Waals surface area (Å²) in [7, 11) is -3.87. The molecule has 1 aromatic rings. The van der Waals surface area contributed by atoms with Gasteiger partial charge < -0.3 is 9.67 Å². The summed E-state index contributed by atoms with van der Waals surface area (Å²) < 4.78 is 28.3. The fourth-order valence-corrected chi connectivity index (χ4v) is 4.41. The number of imidazole rings is 1. The molecule has 7 nitrogen and oxygen atoms in total. The third kappa shape index (κ3) is 3.26. The maximum atomic E-state index is 12.7. The summed E-state index contributed by atoms with van der Waals surface area (Å²) in [6, 6.07) is -0.238. The zero-order chi connectivity index (χ0) is 15.6. The number of aryl methyl sites for hydroxylation is 2. The van der Waals surface area contributed by atoms with E-state index >= 15 is 0 Å². The smallest absolute Gasteiger partial charge is 0.318 e. The van der Waals surface area contributed by atoms with Crippen LogP contribution in [0.5, 0.6) is 0 Å². The van der Waals surface area contributed by atoms with Gasteiger partial charge in [0.05, 0.1) is 0 Å². The summed E-state index contributed by atoms with van der Waals surface area (Å²) in [6.07, 6.45) is 4.76. The first kappa shape index (κ1) is 16.0. The van der Waals surface area contributed by atoms with Crippen molar-refractivity contribution in [1.82, 2.24) is 13.9 Å². The highest BCUT2D eigenvalue weighted by Gasteiger charge is 2.36. The molecule has 0 spiro atoms. The molecular weight excluding hydrogens is 294 g/mol. The molecule has 0 aromatic carbocycles. The van der Waals surface area contributed by atoms with Crippen molar-refractivity contribution in [1.29, 1.82) is 0 Å². The lowest BCUT2D eigenvalue weighted by Gasteiger charge is -2.25. The number of carbonyl (C=O) groups is 1. The van der Waals surface area contributed by atoms with Gasteiger partial charge in [0.15, 0.2) is 5.03 Å². The van der Waals surface area contributed by atoms with Crippen molar-refractivity contribution in [2.45, 2.75) is 57.1 Å². The van der Waals surface area contributed by atoms with E-state index < -0.39 is 22.5 Å². The molecule has 0 saturated heterocycles. The summed E-state index contributed by atoms with van der Waals surface area (Å²) in [5.41, 5.74) is 0. The first-order chi connectivity index (χ1) is 9.86. The van der Waals surface area contributed by atoms with Crippen LogP contribution in [0.1, 0.15) is 38.4 Å². The van der Waals surface area contributed by atoms with Crippen molar-refractivity contribution in [3.63, 3.8) is 0 Å². The molecule has 0 amide bonds. The van der Waals surface area contributed by atoms with Crippen LogP contribution in [-0.4, -0.2) is 45.9 Å². The molecule has 21 heavy (non-hydrogen) atoms. The number of sulfonamides is 1. The number of hydrogen-bond donors (Lipinski definition) is 1.